The first-order valence-electron chi connectivity index (χ1n) is 21.7. The number of ether oxygens (including phenoxy) is 6. The van der Waals surface area contributed by atoms with Crippen molar-refractivity contribution in [3.8, 4) is 23.7 Å². The van der Waals surface area contributed by atoms with E-state index < -0.39 is 48.5 Å². The highest BCUT2D eigenvalue weighted by Gasteiger charge is 2.43. The molecular weight excluding hydrogens is 900 g/mol. The molecule has 0 aromatic heterocycles. The standard InChI is InChI=1S/C46H66Br2N2O10/c1-25(2)21-33(49-39-37(47)43(53)59-45(39)57-35-23-29(9)15-17-31(35)27(5)6)41(51)55-19-13-11-12-14-20-56-42(52)34(22-26(3)4)50-40-38(48)44(54)60-46(40)58-36-24-30(10)16-18-32(36)28(7)8/h25-36,45-46,49-50H,15-24H2,1-10H3/t29-,30-,31+,32+,33+,34+,35-,36-,45+,46+/m1/s1. The summed E-state index contributed by atoms with van der Waals surface area (Å²) in [5.41, 5.74) is 0.745. The van der Waals surface area contributed by atoms with Crippen LogP contribution < -0.4 is 10.6 Å². The molecule has 0 radical (unpaired) electrons. The summed E-state index contributed by atoms with van der Waals surface area (Å²) >= 11 is 6.72. The summed E-state index contributed by atoms with van der Waals surface area (Å²) < 4.78 is 35.5. The highest BCUT2D eigenvalue weighted by Crippen LogP contribution is 2.40. The van der Waals surface area contributed by atoms with E-state index in [0.717, 1.165) is 38.5 Å². The summed E-state index contributed by atoms with van der Waals surface area (Å²) in [5.74, 6) is 11.2. The molecule has 0 amide bonds. The van der Waals surface area contributed by atoms with Gasteiger partial charge in [0, 0.05) is 0 Å². The lowest BCUT2D eigenvalue weighted by atomic mass is 9.75. The van der Waals surface area contributed by atoms with Gasteiger partial charge in [-0.15, -0.1) is 0 Å². The fourth-order valence-corrected chi connectivity index (χ4v) is 9.27. The van der Waals surface area contributed by atoms with Crippen molar-refractivity contribution >= 4 is 55.7 Å². The van der Waals surface area contributed by atoms with E-state index >= 15 is 0 Å². The second kappa shape index (κ2) is 23.4. The van der Waals surface area contributed by atoms with Crippen LogP contribution in [0.5, 0.6) is 0 Å². The maximum absolute atomic E-state index is 13.3. The number of halogens is 2. The van der Waals surface area contributed by atoms with Gasteiger partial charge in [0.1, 0.15) is 32.4 Å². The minimum Gasteiger partial charge on any atom is -0.451 e. The van der Waals surface area contributed by atoms with Crippen LogP contribution in [0.1, 0.15) is 121 Å². The van der Waals surface area contributed by atoms with Crippen molar-refractivity contribution in [3.05, 3.63) is 20.4 Å². The van der Waals surface area contributed by atoms with Gasteiger partial charge in [-0.2, -0.15) is 0 Å². The Morgan fingerprint density at radius 1 is 0.650 bits per heavy atom. The molecule has 0 saturated heterocycles. The van der Waals surface area contributed by atoms with Gasteiger partial charge in [0.25, 0.3) is 0 Å². The van der Waals surface area contributed by atoms with E-state index in [1.165, 1.54) is 0 Å². The lowest BCUT2D eigenvalue weighted by molar-refractivity contribution is -0.183. The number of hydrogen-bond donors (Lipinski definition) is 2. The van der Waals surface area contributed by atoms with Crippen molar-refractivity contribution in [2.24, 2.45) is 47.3 Å². The van der Waals surface area contributed by atoms with E-state index in [1.54, 1.807) is 0 Å². The van der Waals surface area contributed by atoms with E-state index in [4.69, 9.17) is 28.4 Å². The van der Waals surface area contributed by atoms with Crippen molar-refractivity contribution in [1.29, 1.82) is 0 Å². The predicted octanol–water partition coefficient (Wildman–Crippen LogP) is 8.02. The minimum atomic E-state index is -0.967. The lowest BCUT2D eigenvalue weighted by Crippen LogP contribution is -2.44. The van der Waals surface area contributed by atoms with Crippen LogP contribution in [-0.2, 0) is 47.6 Å². The Bertz CT molecular complexity index is 1600. The minimum absolute atomic E-state index is 0.0879. The van der Waals surface area contributed by atoms with Crippen LogP contribution in [0, 0.1) is 71.0 Å². The van der Waals surface area contributed by atoms with Crippen molar-refractivity contribution in [2.75, 3.05) is 13.2 Å². The van der Waals surface area contributed by atoms with E-state index in [-0.39, 0.29) is 46.2 Å². The smallest absolute Gasteiger partial charge is 0.349 e. The number of cyclic esters (lactones) is 2. The van der Waals surface area contributed by atoms with Crippen LogP contribution in [0.2, 0.25) is 0 Å². The Balaban J connectivity index is 1.31. The number of carbonyl (C=O) groups is 4. The Morgan fingerprint density at radius 3 is 1.35 bits per heavy atom. The van der Waals surface area contributed by atoms with Gasteiger partial charge < -0.3 is 39.1 Å². The van der Waals surface area contributed by atoms with Crippen molar-refractivity contribution in [3.63, 3.8) is 0 Å². The molecule has 2 N–H and O–H groups in total. The van der Waals surface area contributed by atoms with Crippen molar-refractivity contribution in [1.82, 2.24) is 10.6 Å². The van der Waals surface area contributed by atoms with Crippen LogP contribution in [-0.4, -0.2) is 74.0 Å². The van der Waals surface area contributed by atoms with Gasteiger partial charge in [-0.25, -0.2) is 19.2 Å². The van der Waals surface area contributed by atoms with Crippen LogP contribution in [0.15, 0.2) is 20.4 Å². The molecule has 2 fully saturated rings. The van der Waals surface area contributed by atoms with Gasteiger partial charge in [0.2, 0.25) is 12.6 Å². The second-order valence-corrected chi connectivity index (χ2v) is 20.0. The van der Waals surface area contributed by atoms with Crippen LogP contribution in [0.25, 0.3) is 0 Å². The lowest BCUT2D eigenvalue weighted by Gasteiger charge is -2.38. The topological polar surface area (TPSA) is 148 Å². The number of nitrogens with one attached hydrogen (secondary N) is 2. The summed E-state index contributed by atoms with van der Waals surface area (Å²) in [4.78, 5) is 52.0. The third-order valence-electron chi connectivity index (χ3n) is 11.7. The predicted molar refractivity (Wildman–Crippen MR) is 234 cm³/mol. The van der Waals surface area contributed by atoms with Crippen LogP contribution in [0.3, 0.4) is 0 Å². The molecule has 4 rings (SSSR count). The molecule has 2 aliphatic carbocycles. The van der Waals surface area contributed by atoms with Gasteiger partial charge in [-0.1, -0.05) is 82.1 Å². The monoisotopic (exact) mass is 964 g/mol. The van der Waals surface area contributed by atoms with Crippen molar-refractivity contribution in [2.45, 2.75) is 157 Å². The fourth-order valence-electron chi connectivity index (χ4n) is 8.48. The Labute approximate surface area is 374 Å². The molecule has 0 aromatic rings. The Morgan fingerprint density at radius 2 is 1.02 bits per heavy atom. The molecule has 0 unspecified atom stereocenters. The number of carbonyl (C=O) groups excluding carboxylic acids is 4. The number of esters is 4. The molecule has 14 heteroatoms. The molecular formula is C46H66Br2N2O10. The molecule has 0 bridgehead atoms. The number of hydrogen-bond acceptors (Lipinski definition) is 12. The maximum atomic E-state index is 13.3. The Kier molecular flexibility index (Phi) is 19.4. The molecule has 10 atom stereocenters. The summed E-state index contributed by atoms with van der Waals surface area (Å²) in [6.45, 7) is 20.7. The zero-order valence-corrected chi connectivity index (χ0v) is 40.2. The van der Waals surface area contributed by atoms with Gasteiger partial charge >= 0.3 is 23.9 Å². The van der Waals surface area contributed by atoms with Gasteiger partial charge in [-0.3, -0.25) is 0 Å². The fraction of sp³-hybridized carbons (Fsp3) is 0.739. The Hall–Kier alpha value is -3.04. The normalized spacial score (nSPS) is 27.9. The molecule has 2 aliphatic heterocycles. The van der Waals surface area contributed by atoms with E-state index in [1.807, 2.05) is 27.7 Å². The second-order valence-electron chi connectivity index (χ2n) is 18.4. The largest absolute Gasteiger partial charge is 0.451 e. The highest BCUT2D eigenvalue weighted by molar-refractivity contribution is 9.12. The summed E-state index contributed by atoms with van der Waals surface area (Å²) in [5, 5.41) is 6.40. The third-order valence-corrected chi connectivity index (χ3v) is 13.2. The van der Waals surface area contributed by atoms with E-state index in [2.05, 4.69) is 108 Å². The molecule has 0 aromatic carbocycles. The van der Waals surface area contributed by atoms with Crippen LogP contribution >= 0.6 is 31.9 Å². The molecule has 4 aliphatic rings. The molecule has 12 nitrogen and oxygen atoms in total. The molecule has 60 heavy (non-hydrogen) atoms. The summed E-state index contributed by atoms with van der Waals surface area (Å²) in [6.07, 6.45) is 4.81. The number of rotatable bonds is 18. The third kappa shape index (κ3) is 14.3. The quantitative estimate of drug-likeness (QED) is 0.0779. The molecule has 0 spiro atoms. The highest BCUT2D eigenvalue weighted by atomic mass is 79.9. The first-order valence-corrected chi connectivity index (χ1v) is 23.3. The zero-order valence-electron chi connectivity index (χ0n) is 37.0. The summed E-state index contributed by atoms with van der Waals surface area (Å²) in [6, 6.07) is -1.59. The molecule has 334 valence electrons. The first kappa shape index (κ1) is 49.6. The van der Waals surface area contributed by atoms with Gasteiger partial charge in [-0.05, 0) is 141 Å². The van der Waals surface area contributed by atoms with E-state index in [9.17, 15) is 19.2 Å². The zero-order chi connectivity index (χ0) is 44.3. The SMILES string of the molecule is CC(C)C[C@H](NC1=C(Br)C(=O)O[C@@H]1O[C@@H]1C[C@H](C)CC[C@H]1C(C)C)C(=O)OCC#CC#CCOC(=O)[C@H](CC(C)C)NC1=C(Br)C(=O)O[C@@H]1O[C@@H]1C[C@H](C)CC[C@H]1C(C)C. The average molecular weight is 967 g/mol. The molecule has 2 saturated carbocycles. The van der Waals surface area contributed by atoms with Gasteiger partial charge in [0.15, 0.2) is 13.2 Å². The van der Waals surface area contributed by atoms with Crippen LogP contribution in [0.4, 0.5) is 0 Å². The molecule has 2 heterocycles. The average Bonchev–Trinajstić information content (AvgIpc) is 3.58. The van der Waals surface area contributed by atoms with Crippen molar-refractivity contribution < 1.29 is 47.6 Å². The maximum Gasteiger partial charge on any atom is 0.349 e. The van der Waals surface area contributed by atoms with E-state index in [0.29, 0.717) is 59.7 Å². The summed E-state index contributed by atoms with van der Waals surface area (Å²) in [7, 11) is 0. The first-order chi connectivity index (χ1) is 28.4. The van der Waals surface area contributed by atoms with Gasteiger partial charge in [0.05, 0.1) is 12.2 Å².